The van der Waals surface area contributed by atoms with Crippen LogP contribution in [0.5, 0.6) is 0 Å². The van der Waals surface area contributed by atoms with Gasteiger partial charge in [0.15, 0.2) is 0 Å². The molecule has 0 spiro atoms. The summed E-state index contributed by atoms with van der Waals surface area (Å²) in [4.78, 5) is 16.5. The number of hydrogen-bond acceptors (Lipinski definition) is 3. The van der Waals surface area contributed by atoms with Crippen molar-refractivity contribution in [3.63, 3.8) is 0 Å². The van der Waals surface area contributed by atoms with Gasteiger partial charge in [0.05, 0.1) is 18.3 Å². The molecule has 0 bridgehead atoms. The van der Waals surface area contributed by atoms with Crippen molar-refractivity contribution in [3.05, 3.63) is 54.1 Å². The van der Waals surface area contributed by atoms with Crippen LogP contribution in [0.2, 0.25) is 0 Å². The third-order valence-corrected chi connectivity index (χ3v) is 4.43. The highest BCUT2D eigenvalue weighted by atomic mass is 16.5. The van der Waals surface area contributed by atoms with Gasteiger partial charge in [-0.25, -0.2) is 4.98 Å². The van der Waals surface area contributed by atoms with Gasteiger partial charge < -0.3 is 14.6 Å². The van der Waals surface area contributed by atoms with Crippen LogP contribution in [0.4, 0.5) is 0 Å². The Bertz CT molecular complexity index is 639. The van der Waals surface area contributed by atoms with Gasteiger partial charge in [-0.1, -0.05) is 24.3 Å². The molecule has 2 aromatic rings. The fraction of sp³-hybridized carbons (Fsp3) is 0.444. The summed E-state index contributed by atoms with van der Waals surface area (Å²) >= 11 is 0. The molecule has 1 N–H and O–H groups in total. The summed E-state index contributed by atoms with van der Waals surface area (Å²) < 4.78 is 7.61. The van der Waals surface area contributed by atoms with E-state index >= 15 is 0 Å². The van der Waals surface area contributed by atoms with Crippen LogP contribution in [0.15, 0.2) is 43.0 Å². The summed E-state index contributed by atoms with van der Waals surface area (Å²) in [5.74, 6) is 0.0548. The van der Waals surface area contributed by atoms with Gasteiger partial charge in [0, 0.05) is 32.1 Å². The molecular weight excluding hydrogens is 290 g/mol. The first-order valence-electron chi connectivity index (χ1n) is 8.16. The Morgan fingerprint density at radius 3 is 2.96 bits per heavy atom. The third kappa shape index (κ3) is 3.99. The minimum Gasteiger partial charge on any atom is -0.378 e. The van der Waals surface area contributed by atoms with Gasteiger partial charge in [0.25, 0.3) is 0 Å². The van der Waals surface area contributed by atoms with E-state index in [1.54, 1.807) is 12.5 Å². The molecular formula is C18H23N3O2. The number of carbonyl (C=O) groups is 1. The number of carbonyl (C=O) groups excluding carboxylic acids is 1. The Morgan fingerprint density at radius 2 is 2.22 bits per heavy atom. The van der Waals surface area contributed by atoms with Crippen molar-refractivity contribution < 1.29 is 9.53 Å². The number of aromatic nitrogens is 2. The number of nitrogens with zero attached hydrogens (tertiary/aromatic N) is 2. The number of nitrogens with one attached hydrogen (secondary N) is 1. The second-order valence-electron chi connectivity index (χ2n) is 6.05. The molecule has 5 nitrogen and oxygen atoms in total. The fourth-order valence-corrected chi connectivity index (χ4v) is 3.04. The molecule has 1 aromatic heterocycles. The molecule has 0 saturated carbocycles. The second-order valence-corrected chi connectivity index (χ2v) is 6.05. The van der Waals surface area contributed by atoms with E-state index in [0.717, 1.165) is 31.6 Å². The maximum Gasteiger partial charge on any atom is 0.225 e. The summed E-state index contributed by atoms with van der Waals surface area (Å²) in [6, 6.07) is 8.18. The van der Waals surface area contributed by atoms with E-state index in [-0.39, 0.29) is 17.9 Å². The zero-order chi connectivity index (χ0) is 16.1. The van der Waals surface area contributed by atoms with Crippen LogP contribution in [0.3, 0.4) is 0 Å². The first-order chi connectivity index (χ1) is 11.2. The molecule has 23 heavy (non-hydrogen) atoms. The summed E-state index contributed by atoms with van der Waals surface area (Å²) in [6.07, 6.45) is 7.38. The number of rotatable bonds is 5. The standard InChI is InChI=1S/C18H23N3O2/c1-14-17(7-4-10-23-14)18(22)20-11-15-5-2-3-6-16(15)12-21-9-8-19-13-21/h2-3,5-6,8-9,13-14,17H,4,7,10-12H2,1H3,(H,20,22)/t14-,17-/m0/s1. The van der Waals surface area contributed by atoms with E-state index in [2.05, 4.69) is 22.4 Å². The van der Waals surface area contributed by atoms with Crippen LogP contribution in [-0.2, 0) is 22.6 Å². The highest BCUT2D eigenvalue weighted by molar-refractivity contribution is 5.79. The maximum atomic E-state index is 12.4. The lowest BCUT2D eigenvalue weighted by atomic mass is 9.94. The molecule has 1 aliphatic rings. The van der Waals surface area contributed by atoms with Crippen LogP contribution in [0.25, 0.3) is 0 Å². The Morgan fingerprint density at radius 1 is 1.39 bits per heavy atom. The highest BCUT2D eigenvalue weighted by Crippen LogP contribution is 2.21. The van der Waals surface area contributed by atoms with Gasteiger partial charge >= 0.3 is 0 Å². The van der Waals surface area contributed by atoms with Gasteiger partial charge in [-0.05, 0) is 30.9 Å². The smallest absolute Gasteiger partial charge is 0.225 e. The van der Waals surface area contributed by atoms with Crippen molar-refractivity contribution in [1.82, 2.24) is 14.9 Å². The Labute approximate surface area is 136 Å². The molecule has 1 fully saturated rings. The predicted molar refractivity (Wildman–Crippen MR) is 87.8 cm³/mol. The zero-order valence-electron chi connectivity index (χ0n) is 13.4. The maximum absolute atomic E-state index is 12.4. The molecule has 1 aromatic carbocycles. The predicted octanol–water partition coefficient (Wildman–Crippen LogP) is 2.36. The zero-order valence-corrected chi connectivity index (χ0v) is 13.4. The van der Waals surface area contributed by atoms with Gasteiger partial charge in [-0.3, -0.25) is 4.79 Å². The average Bonchev–Trinajstić information content (AvgIpc) is 3.07. The molecule has 3 rings (SSSR count). The van der Waals surface area contributed by atoms with E-state index < -0.39 is 0 Å². The van der Waals surface area contributed by atoms with Crippen LogP contribution >= 0.6 is 0 Å². The SMILES string of the molecule is C[C@@H]1OCCC[C@@H]1C(=O)NCc1ccccc1Cn1ccnc1. The quantitative estimate of drug-likeness (QED) is 0.922. The third-order valence-electron chi connectivity index (χ3n) is 4.43. The largest absolute Gasteiger partial charge is 0.378 e. The normalized spacial score (nSPS) is 21.1. The van der Waals surface area contributed by atoms with Crippen molar-refractivity contribution in [2.24, 2.45) is 5.92 Å². The van der Waals surface area contributed by atoms with Crippen molar-refractivity contribution in [3.8, 4) is 0 Å². The minimum absolute atomic E-state index is 0.00458. The van der Waals surface area contributed by atoms with E-state index in [4.69, 9.17) is 4.74 Å². The first-order valence-corrected chi connectivity index (χ1v) is 8.16. The number of imidazole rings is 1. The monoisotopic (exact) mass is 313 g/mol. The topological polar surface area (TPSA) is 56.1 Å². The van der Waals surface area contributed by atoms with E-state index in [9.17, 15) is 4.79 Å². The Kier molecular flexibility index (Phi) is 5.08. The van der Waals surface area contributed by atoms with E-state index in [0.29, 0.717) is 6.54 Å². The van der Waals surface area contributed by atoms with E-state index in [1.807, 2.05) is 29.8 Å². The van der Waals surface area contributed by atoms with Gasteiger partial charge in [0.1, 0.15) is 0 Å². The molecule has 1 aliphatic heterocycles. The number of hydrogen-bond donors (Lipinski definition) is 1. The Hall–Kier alpha value is -2.14. The molecule has 2 heterocycles. The first kappa shape index (κ1) is 15.7. The van der Waals surface area contributed by atoms with Gasteiger partial charge in [-0.2, -0.15) is 0 Å². The molecule has 2 atom stereocenters. The molecule has 122 valence electrons. The lowest BCUT2D eigenvalue weighted by molar-refractivity contribution is -0.133. The summed E-state index contributed by atoms with van der Waals surface area (Å²) in [5.41, 5.74) is 2.33. The highest BCUT2D eigenvalue weighted by Gasteiger charge is 2.28. The molecule has 0 unspecified atom stereocenters. The molecule has 1 amide bonds. The molecule has 5 heteroatoms. The van der Waals surface area contributed by atoms with Crippen LogP contribution in [0.1, 0.15) is 30.9 Å². The summed E-state index contributed by atoms with van der Waals surface area (Å²) in [6.45, 7) is 4.05. The van der Waals surface area contributed by atoms with E-state index in [1.165, 1.54) is 5.56 Å². The van der Waals surface area contributed by atoms with Crippen molar-refractivity contribution in [2.75, 3.05) is 6.61 Å². The minimum atomic E-state index is -0.0374. The van der Waals surface area contributed by atoms with Crippen LogP contribution in [-0.4, -0.2) is 28.2 Å². The van der Waals surface area contributed by atoms with Crippen molar-refractivity contribution >= 4 is 5.91 Å². The lowest BCUT2D eigenvalue weighted by Gasteiger charge is -2.28. The van der Waals surface area contributed by atoms with Crippen LogP contribution in [0, 0.1) is 5.92 Å². The van der Waals surface area contributed by atoms with Crippen molar-refractivity contribution in [1.29, 1.82) is 0 Å². The number of amides is 1. The Balaban J connectivity index is 1.62. The average molecular weight is 313 g/mol. The number of benzene rings is 1. The lowest BCUT2D eigenvalue weighted by Crippen LogP contribution is -2.40. The van der Waals surface area contributed by atoms with Crippen molar-refractivity contribution in [2.45, 2.75) is 39.0 Å². The summed E-state index contributed by atoms with van der Waals surface area (Å²) in [7, 11) is 0. The van der Waals surface area contributed by atoms with Gasteiger partial charge in [-0.15, -0.1) is 0 Å². The second kappa shape index (κ2) is 7.42. The fourth-order valence-electron chi connectivity index (χ4n) is 3.04. The van der Waals surface area contributed by atoms with Crippen LogP contribution < -0.4 is 5.32 Å². The number of ether oxygens (including phenoxy) is 1. The summed E-state index contributed by atoms with van der Waals surface area (Å²) in [5, 5.41) is 3.08. The molecule has 0 aliphatic carbocycles. The molecule has 0 radical (unpaired) electrons. The molecule has 1 saturated heterocycles. The van der Waals surface area contributed by atoms with Gasteiger partial charge in [0.2, 0.25) is 5.91 Å².